The third kappa shape index (κ3) is 2.15. The summed E-state index contributed by atoms with van der Waals surface area (Å²) in [6, 6.07) is 0.616. The molecule has 1 aromatic rings. The van der Waals surface area contributed by atoms with Crippen LogP contribution in [0.3, 0.4) is 0 Å². The van der Waals surface area contributed by atoms with Crippen molar-refractivity contribution in [1.82, 2.24) is 15.0 Å². The zero-order valence-electron chi connectivity index (χ0n) is 8.47. The van der Waals surface area contributed by atoms with Crippen molar-refractivity contribution >= 4 is 5.91 Å². The number of hydrogen-bond acceptors (Lipinski definition) is 4. The standard InChI is InChI=1S/C9H15N5O/c10-6-1-3-7(4-2-6)14-5-8(9(11)15)12-13-14/h5-7H,1-4,10H2,(H2,11,15). The molecule has 15 heavy (non-hydrogen) atoms. The van der Waals surface area contributed by atoms with Crippen LogP contribution in [-0.4, -0.2) is 26.9 Å². The van der Waals surface area contributed by atoms with Crippen molar-refractivity contribution in [3.63, 3.8) is 0 Å². The van der Waals surface area contributed by atoms with E-state index in [-0.39, 0.29) is 5.69 Å². The minimum Gasteiger partial charge on any atom is -0.364 e. The highest BCUT2D eigenvalue weighted by atomic mass is 16.1. The number of carbonyl (C=O) groups excluding carboxylic acids is 1. The van der Waals surface area contributed by atoms with E-state index in [0.717, 1.165) is 25.7 Å². The minimum atomic E-state index is -0.534. The molecule has 1 fully saturated rings. The first kappa shape index (κ1) is 10.1. The lowest BCUT2D eigenvalue weighted by Gasteiger charge is -2.25. The summed E-state index contributed by atoms with van der Waals surface area (Å²) in [4.78, 5) is 10.8. The quantitative estimate of drug-likeness (QED) is 0.705. The van der Waals surface area contributed by atoms with Crippen LogP contribution in [-0.2, 0) is 0 Å². The van der Waals surface area contributed by atoms with Gasteiger partial charge in [0.15, 0.2) is 5.69 Å². The number of primary amides is 1. The number of nitrogens with two attached hydrogens (primary N) is 2. The summed E-state index contributed by atoms with van der Waals surface area (Å²) in [6.07, 6.45) is 5.59. The fourth-order valence-corrected chi connectivity index (χ4v) is 1.93. The van der Waals surface area contributed by atoms with Gasteiger partial charge in [-0.15, -0.1) is 5.10 Å². The molecule has 0 aromatic carbocycles. The van der Waals surface area contributed by atoms with Crippen LogP contribution >= 0.6 is 0 Å². The Morgan fingerprint density at radius 1 is 1.40 bits per heavy atom. The highest BCUT2D eigenvalue weighted by Crippen LogP contribution is 2.26. The number of aromatic nitrogens is 3. The van der Waals surface area contributed by atoms with Gasteiger partial charge in [-0.3, -0.25) is 4.79 Å². The summed E-state index contributed by atoms with van der Waals surface area (Å²) >= 11 is 0. The van der Waals surface area contributed by atoms with Crippen molar-refractivity contribution in [3.8, 4) is 0 Å². The summed E-state index contributed by atoms with van der Waals surface area (Å²) in [5.74, 6) is -0.534. The number of nitrogens with zero attached hydrogens (tertiary/aromatic N) is 3. The van der Waals surface area contributed by atoms with Crippen LogP contribution < -0.4 is 11.5 Å². The van der Waals surface area contributed by atoms with Gasteiger partial charge < -0.3 is 11.5 Å². The lowest BCUT2D eigenvalue weighted by atomic mass is 9.92. The van der Waals surface area contributed by atoms with E-state index in [4.69, 9.17) is 11.5 Å². The van der Waals surface area contributed by atoms with Gasteiger partial charge in [-0.25, -0.2) is 4.68 Å². The van der Waals surface area contributed by atoms with E-state index in [0.29, 0.717) is 12.1 Å². The lowest BCUT2D eigenvalue weighted by Crippen LogP contribution is -2.28. The second-order valence-electron chi connectivity index (χ2n) is 4.02. The summed E-state index contributed by atoms with van der Waals surface area (Å²) in [7, 11) is 0. The molecule has 4 N–H and O–H groups in total. The summed E-state index contributed by atoms with van der Waals surface area (Å²) in [5, 5.41) is 7.63. The first-order valence-electron chi connectivity index (χ1n) is 5.14. The number of amides is 1. The number of rotatable bonds is 2. The van der Waals surface area contributed by atoms with Crippen molar-refractivity contribution < 1.29 is 4.79 Å². The van der Waals surface area contributed by atoms with E-state index in [1.165, 1.54) is 0 Å². The van der Waals surface area contributed by atoms with E-state index in [2.05, 4.69) is 10.3 Å². The molecule has 1 aromatic heterocycles. The molecule has 1 saturated carbocycles. The Balaban J connectivity index is 2.06. The maximum atomic E-state index is 10.8. The average molecular weight is 209 g/mol. The molecule has 1 aliphatic rings. The first-order valence-corrected chi connectivity index (χ1v) is 5.14. The van der Waals surface area contributed by atoms with Gasteiger partial charge in [0, 0.05) is 6.04 Å². The number of hydrogen-bond donors (Lipinski definition) is 2. The van der Waals surface area contributed by atoms with Crippen molar-refractivity contribution in [2.24, 2.45) is 11.5 Å². The predicted molar refractivity (Wildman–Crippen MR) is 54.0 cm³/mol. The molecule has 0 atom stereocenters. The molecule has 0 unspecified atom stereocenters. The second-order valence-corrected chi connectivity index (χ2v) is 4.02. The third-order valence-electron chi connectivity index (χ3n) is 2.88. The van der Waals surface area contributed by atoms with Crippen LogP contribution in [0, 0.1) is 0 Å². The molecular weight excluding hydrogens is 194 g/mol. The van der Waals surface area contributed by atoms with Gasteiger partial charge in [0.2, 0.25) is 0 Å². The normalized spacial score (nSPS) is 26.5. The van der Waals surface area contributed by atoms with Crippen LogP contribution in [0.5, 0.6) is 0 Å². The molecule has 0 spiro atoms. The van der Waals surface area contributed by atoms with E-state index in [9.17, 15) is 4.79 Å². The molecular formula is C9H15N5O. The Bertz CT molecular complexity index is 353. The molecule has 1 amide bonds. The molecule has 6 heteroatoms. The van der Waals surface area contributed by atoms with Crippen molar-refractivity contribution in [3.05, 3.63) is 11.9 Å². The molecule has 0 bridgehead atoms. The Morgan fingerprint density at radius 2 is 2.07 bits per heavy atom. The van der Waals surface area contributed by atoms with Gasteiger partial charge in [0.1, 0.15) is 0 Å². The van der Waals surface area contributed by atoms with Gasteiger partial charge in [-0.05, 0) is 25.7 Å². The molecule has 0 saturated heterocycles. The van der Waals surface area contributed by atoms with Gasteiger partial charge >= 0.3 is 0 Å². The fraction of sp³-hybridized carbons (Fsp3) is 0.667. The first-order chi connectivity index (χ1) is 7.16. The van der Waals surface area contributed by atoms with Crippen molar-refractivity contribution in [1.29, 1.82) is 0 Å². The van der Waals surface area contributed by atoms with Crippen molar-refractivity contribution in [2.45, 2.75) is 37.8 Å². The summed E-state index contributed by atoms with van der Waals surface area (Å²) < 4.78 is 1.73. The van der Waals surface area contributed by atoms with Crippen LogP contribution in [0.25, 0.3) is 0 Å². The van der Waals surface area contributed by atoms with Crippen LogP contribution in [0.2, 0.25) is 0 Å². The topological polar surface area (TPSA) is 99.8 Å². The minimum absolute atomic E-state index is 0.227. The van der Waals surface area contributed by atoms with E-state index < -0.39 is 5.91 Å². The van der Waals surface area contributed by atoms with Crippen LogP contribution in [0.15, 0.2) is 6.20 Å². The Hall–Kier alpha value is -1.43. The molecule has 2 rings (SSSR count). The van der Waals surface area contributed by atoms with E-state index in [1.54, 1.807) is 10.9 Å². The van der Waals surface area contributed by atoms with Gasteiger partial charge in [-0.1, -0.05) is 5.21 Å². The molecule has 1 heterocycles. The van der Waals surface area contributed by atoms with Gasteiger partial charge in [-0.2, -0.15) is 0 Å². The summed E-state index contributed by atoms with van der Waals surface area (Å²) in [6.45, 7) is 0. The Morgan fingerprint density at radius 3 is 2.60 bits per heavy atom. The van der Waals surface area contributed by atoms with Gasteiger partial charge in [0.05, 0.1) is 12.2 Å². The molecule has 6 nitrogen and oxygen atoms in total. The largest absolute Gasteiger partial charge is 0.364 e. The zero-order valence-corrected chi connectivity index (χ0v) is 8.47. The van der Waals surface area contributed by atoms with Crippen molar-refractivity contribution in [2.75, 3.05) is 0 Å². The molecule has 1 aliphatic carbocycles. The van der Waals surface area contributed by atoms with Crippen LogP contribution in [0.1, 0.15) is 42.2 Å². The smallest absolute Gasteiger partial charge is 0.270 e. The Kier molecular flexibility index (Phi) is 2.68. The maximum absolute atomic E-state index is 10.8. The average Bonchev–Trinajstić information content (AvgIpc) is 2.68. The number of carbonyl (C=O) groups is 1. The van der Waals surface area contributed by atoms with E-state index >= 15 is 0 Å². The maximum Gasteiger partial charge on any atom is 0.270 e. The van der Waals surface area contributed by atoms with Gasteiger partial charge in [0.25, 0.3) is 5.91 Å². The molecule has 82 valence electrons. The molecule has 0 radical (unpaired) electrons. The highest BCUT2D eigenvalue weighted by molar-refractivity contribution is 5.90. The monoisotopic (exact) mass is 209 g/mol. The lowest BCUT2D eigenvalue weighted by molar-refractivity contribution is 0.0995. The van der Waals surface area contributed by atoms with Crippen LogP contribution in [0.4, 0.5) is 0 Å². The summed E-state index contributed by atoms with van der Waals surface area (Å²) in [5.41, 5.74) is 11.1. The Labute approximate surface area is 87.6 Å². The fourth-order valence-electron chi connectivity index (χ4n) is 1.93. The third-order valence-corrected chi connectivity index (χ3v) is 2.88. The predicted octanol–water partition coefficient (Wildman–Crippen LogP) is -0.181. The second kappa shape index (κ2) is 3.98. The van der Waals surface area contributed by atoms with E-state index in [1.807, 2.05) is 0 Å². The highest BCUT2D eigenvalue weighted by Gasteiger charge is 2.21. The zero-order chi connectivity index (χ0) is 10.8. The molecule has 0 aliphatic heterocycles. The SMILES string of the molecule is NC(=O)c1cn(C2CCC(N)CC2)nn1.